The van der Waals surface area contributed by atoms with Crippen LogP contribution in [0.25, 0.3) is 22.2 Å². The highest BCUT2D eigenvalue weighted by molar-refractivity contribution is 6.35. The zero-order valence-electron chi connectivity index (χ0n) is 16.0. The topological polar surface area (TPSA) is 55.1 Å². The van der Waals surface area contributed by atoms with Crippen LogP contribution < -0.4 is 0 Å². The molecule has 0 amide bonds. The number of aromatic nitrogens is 2. The molecule has 0 fully saturated rings. The molecule has 0 aliphatic rings. The maximum absolute atomic E-state index is 11.2. The molecule has 1 aromatic heterocycles. The van der Waals surface area contributed by atoms with E-state index in [9.17, 15) is 9.90 Å². The van der Waals surface area contributed by atoms with Crippen LogP contribution in [0.1, 0.15) is 39.2 Å². The second-order valence-electron chi connectivity index (χ2n) is 7.78. The fraction of sp³-hybridized carbons (Fsp3) is 0.364. The molecule has 0 aliphatic heterocycles. The van der Waals surface area contributed by atoms with E-state index >= 15 is 0 Å². The lowest BCUT2D eigenvalue weighted by atomic mass is 9.81. The molecule has 0 bridgehead atoms. The summed E-state index contributed by atoms with van der Waals surface area (Å²) >= 11 is 6.48. The Hall–Kier alpha value is -2.33. The molecule has 1 N–H and O–H groups in total. The van der Waals surface area contributed by atoms with Gasteiger partial charge in [0.1, 0.15) is 5.69 Å². The number of aliphatic carboxylic acids is 1. The first-order valence-electron chi connectivity index (χ1n) is 9.27. The van der Waals surface area contributed by atoms with Crippen molar-refractivity contribution >= 4 is 28.5 Å². The maximum Gasteiger partial charge on any atom is 0.303 e. The van der Waals surface area contributed by atoms with Gasteiger partial charge in [-0.3, -0.25) is 9.48 Å². The molecule has 27 heavy (non-hydrogen) atoms. The van der Waals surface area contributed by atoms with Gasteiger partial charge in [0.25, 0.3) is 0 Å². The van der Waals surface area contributed by atoms with Gasteiger partial charge < -0.3 is 5.11 Å². The Morgan fingerprint density at radius 2 is 1.93 bits per heavy atom. The van der Waals surface area contributed by atoms with Crippen molar-refractivity contribution in [2.45, 2.75) is 46.6 Å². The molecule has 142 valence electrons. The van der Waals surface area contributed by atoms with Crippen molar-refractivity contribution in [3.05, 3.63) is 53.1 Å². The van der Waals surface area contributed by atoms with Crippen LogP contribution in [0.5, 0.6) is 0 Å². The quantitative estimate of drug-likeness (QED) is 0.559. The third-order valence-electron chi connectivity index (χ3n) is 4.73. The second-order valence-corrected chi connectivity index (χ2v) is 8.18. The number of hydrogen-bond acceptors (Lipinski definition) is 2. The van der Waals surface area contributed by atoms with Crippen molar-refractivity contribution in [2.75, 3.05) is 0 Å². The lowest BCUT2D eigenvalue weighted by molar-refractivity contribution is -0.139. The first kappa shape index (κ1) is 19.4. The van der Waals surface area contributed by atoms with E-state index in [1.54, 1.807) is 0 Å². The van der Waals surface area contributed by atoms with Gasteiger partial charge in [-0.15, -0.1) is 0 Å². The van der Waals surface area contributed by atoms with Crippen LogP contribution in [0.3, 0.4) is 0 Å². The third-order valence-corrected chi connectivity index (χ3v) is 5.03. The van der Waals surface area contributed by atoms with Gasteiger partial charge in [-0.2, -0.15) is 5.10 Å². The molecule has 3 rings (SSSR count). The van der Waals surface area contributed by atoms with E-state index in [0.29, 0.717) is 11.4 Å². The fourth-order valence-corrected chi connectivity index (χ4v) is 3.93. The average Bonchev–Trinajstić information content (AvgIpc) is 2.94. The number of carboxylic acid groups (broad SMARTS) is 1. The normalized spacial score (nSPS) is 11.9. The number of fused-ring (bicyclic) bond motifs is 1. The molecule has 0 radical (unpaired) electrons. The summed E-state index contributed by atoms with van der Waals surface area (Å²) in [4.78, 5) is 11.2. The van der Waals surface area contributed by atoms with E-state index in [-0.39, 0.29) is 11.8 Å². The van der Waals surface area contributed by atoms with Gasteiger partial charge in [-0.1, -0.05) is 68.8 Å². The summed E-state index contributed by atoms with van der Waals surface area (Å²) in [5, 5.41) is 15.8. The minimum atomic E-state index is -0.776. The maximum atomic E-state index is 11.2. The first-order valence-corrected chi connectivity index (χ1v) is 9.65. The minimum Gasteiger partial charge on any atom is -0.481 e. The summed E-state index contributed by atoms with van der Waals surface area (Å²) in [7, 11) is 0. The molecular weight excluding hydrogens is 360 g/mol. The average molecular weight is 385 g/mol. The van der Waals surface area contributed by atoms with E-state index in [1.807, 2.05) is 42.8 Å². The molecule has 0 atom stereocenters. The Kier molecular flexibility index (Phi) is 5.56. The highest BCUT2D eigenvalue weighted by atomic mass is 35.5. The lowest BCUT2D eigenvalue weighted by Crippen LogP contribution is -2.20. The van der Waals surface area contributed by atoms with Crippen molar-refractivity contribution in [3.63, 3.8) is 0 Å². The Morgan fingerprint density at radius 3 is 2.63 bits per heavy atom. The van der Waals surface area contributed by atoms with Crippen LogP contribution in [0.2, 0.25) is 5.02 Å². The minimum absolute atomic E-state index is 0.123. The van der Waals surface area contributed by atoms with Crippen LogP contribution in [-0.2, 0) is 17.8 Å². The summed E-state index contributed by atoms with van der Waals surface area (Å²) in [6, 6.07) is 14.0. The Labute approximate surface area is 164 Å². The van der Waals surface area contributed by atoms with Crippen molar-refractivity contribution < 1.29 is 9.90 Å². The molecule has 0 saturated carbocycles. The fourth-order valence-electron chi connectivity index (χ4n) is 3.66. The highest BCUT2D eigenvalue weighted by Crippen LogP contribution is 2.36. The molecule has 0 aliphatic carbocycles. The SMILES string of the molecule is CCCn1nc(-c2ccccc2CC(C)(C)CC(=O)O)c2cccc(Cl)c21. The van der Waals surface area contributed by atoms with Gasteiger partial charge in [0.05, 0.1) is 17.0 Å². The van der Waals surface area contributed by atoms with E-state index in [4.69, 9.17) is 16.7 Å². The number of hydrogen-bond donors (Lipinski definition) is 1. The summed E-state index contributed by atoms with van der Waals surface area (Å²) in [6.45, 7) is 6.89. The molecule has 0 spiro atoms. The van der Waals surface area contributed by atoms with Crippen molar-refractivity contribution in [2.24, 2.45) is 5.41 Å². The molecule has 2 aromatic carbocycles. The van der Waals surface area contributed by atoms with Gasteiger partial charge in [-0.05, 0) is 29.9 Å². The summed E-state index contributed by atoms with van der Waals surface area (Å²) < 4.78 is 1.98. The Morgan fingerprint density at radius 1 is 1.19 bits per heavy atom. The largest absolute Gasteiger partial charge is 0.481 e. The van der Waals surface area contributed by atoms with Gasteiger partial charge in [-0.25, -0.2) is 0 Å². The van der Waals surface area contributed by atoms with Gasteiger partial charge in [0.2, 0.25) is 0 Å². The highest BCUT2D eigenvalue weighted by Gasteiger charge is 2.25. The second kappa shape index (κ2) is 7.73. The van der Waals surface area contributed by atoms with Crippen LogP contribution in [0.4, 0.5) is 0 Å². The summed E-state index contributed by atoms with van der Waals surface area (Å²) in [5.74, 6) is -0.776. The first-order chi connectivity index (χ1) is 12.8. The van der Waals surface area contributed by atoms with Gasteiger partial charge in [0, 0.05) is 17.5 Å². The standard InChI is InChI=1S/C22H25ClN2O2/c1-4-12-25-21-17(10-7-11-18(21)23)20(24-25)16-9-6-5-8-15(16)13-22(2,3)14-19(26)27/h5-11H,4,12-14H2,1-3H3,(H,26,27). The number of halogens is 1. The zero-order valence-corrected chi connectivity index (χ0v) is 16.8. The number of benzene rings is 2. The number of para-hydroxylation sites is 1. The molecular formula is C22H25ClN2O2. The van der Waals surface area contributed by atoms with Gasteiger partial charge in [0.15, 0.2) is 0 Å². The smallest absolute Gasteiger partial charge is 0.303 e. The van der Waals surface area contributed by atoms with E-state index in [0.717, 1.165) is 40.7 Å². The van der Waals surface area contributed by atoms with E-state index < -0.39 is 5.97 Å². The molecule has 1 heterocycles. The number of rotatable bonds is 7. The molecule has 3 aromatic rings. The number of aryl methyl sites for hydroxylation is 1. The number of carbonyl (C=O) groups is 1. The van der Waals surface area contributed by atoms with E-state index in [2.05, 4.69) is 25.1 Å². The molecule has 5 heteroatoms. The third kappa shape index (κ3) is 4.16. The van der Waals surface area contributed by atoms with Crippen molar-refractivity contribution in [1.82, 2.24) is 9.78 Å². The number of carboxylic acids is 1. The van der Waals surface area contributed by atoms with Crippen LogP contribution >= 0.6 is 11.6 Å². The molecule has 4 nitrogen and oxygen atoms in total. The predicted octanol–water partition coefficient (Wildman–Crippen LogP) is 5.81. The summed E-state index contributed by atoms with van der Waals surface area (Å²) in [6.07, 6.45) is 1.76. The zero-order chi connectivity index (χ0) is 19.6. The van der Waals surface area contributed by atoms with Crippen molar-refractivity contribution in [3.8, 4) is 11.3 Å². The van der Waals surface area contributed by atoms with Crippen molar-refractivity contribution in [1.29, 1.82) is 0 Å². The molecule has 0 unspecified atom stereocenters. The van der Waals surface area contributed by atoms with Gasteiger partial charge >= 0.3 is 5.97 Å². The predicted molar refractivity (Wildman–Crippen MR) is 110 cm³/mol. The molecule has 0 saturated heterocycles. The Balaban J connectivity index is 2.13. The number of nitrogens with zero attached hydrogens (tertiary/aromatic N) is 2. The van der Waals surface area contributed by atoms with Crippen LogP contribution in [-0.4, -0.2) is 20.9 Å². The lowest BCUT2D eigenvalue weighted by Gasteiger charge is -2.23. The monoisotopic (exact) mass is 384 g/mol. The Bertz CT molecular complexity index is 976. The van der Waals surface area contributed by atoms with Crippen LogP contribution in [0.15, 0.2) is 42.5 Å². The summed E-state index contributed by atoms with van der Waals surface area (Å²) in [5.41, 5.74) is 3.66. The van der Waals surface area contributed by atoms with Crippen LogP contribution in [0, 0.1) is 5.41 Å². The van der Waals surface area contributed by atoms with E-state index in [1.165, 1.54) is 0 Å².